The number of amides is 2. The van der Waals surface area contributed by atoms with E-state index in [1.54, 1.807) is 0 Å². The molecule has 152 valence electrons. The van der Waals surface area contributed by atoms with E-state index in [-0.39, 0.29) is 23.0 Å². The van der Waals surface area contributed by atoms with Gasteiger partial charge in [-0.2, -0.15) is 26.3 Å². The van der Waals surface area contributed by atoms with Crippen LogP contribution in [0.4, 0.5) is 36.8 Å². The van der Waals surface area contributed by atoms with E-state index in [4.69, 9.17) is 5.73 Å². The van der Waals surface area contributed by atoms with Crippen molar-refractivity contribution >= 4 is 22.5 Å². The molecule has 1 aromatic heterocycles. The first-order chi connectivity index (χ1) is 13.5. The van der Waals surface area contributed by atoms with Crippen LogP contribution in [-0.4, -0.2) is 11.0 Å². The summed E-state index contributed by atoms with van der Waals surface area (Å²) >= 11 is 0. The fourth-order valence-electron chi connectivity index (χ4n) is 2.92. The van der Waals surface area contributed by atoms with Gasteiger partial charge in [0.2, 0.25) is 0 Å². The van der Waals surface area contributed by atoms with Gasteiger partial charge in [0.1, 0.15) is 0 Å². The maximum absolute atomic E-state index is 13.3. The first-order valence-corrected chi connectivity index (χ1v) is 8.15. The highest BCUT2D eigenvalue weighted by Gasteiger charge is 2.34. The molecule has 0 unspecified atom stereocenters. The molecular weight excluding hydrogens is 400 g/mol. The zero-order chi connectivity index (χ0) is 21.4. The molecule has 0 aliphatic heterocycles. The summed E-state index contributed by atoms with van der Waals surface area (Å²) in [6.45, 7) is -0.226. The van der Waals surface area contributed by atoms with Gasteiger partial charge in [-0.05, 0) is 35.9 Å². The number of urea groups is 1. The maximum Gasteiger partial charge on any atom is 0.417 e. The minimum absolute atomic E-state index is 0.0838. The van der Waals surface area contributed by atoms with Crippen molar-refractivity contribution in [1.82, 2.24) is 4.98 Å². The first-order valence-electron chi connectivity index (χ1n) is 8.15. The first kappa shape index (κ1) is 20.4. The van der Waals surface area contributed by atoms with Crippen LogP contribution < -0.4 is 10.6 Å². The summed E-state index contributed by atoms with van der Waals surface area (Å²) in [5.74, 6) is 0. The topological polar surface area (TPSA) is 59.2 Å². The number of hydrogen-bond donors (Lipinski definition) is 1. The van der Waals surface area contributed by atoms with Crippen LogP contribution in [0.5, 0.6) is 0 Å². The SMILES string of the molecule is NC(=O)N(Cc1ccc(C(F)(F)F)cc1)c1ccc(C(F)(F)F)c2cnccc12. The summed E-state index contributed by atoms with van der Waals surface area (Å²) in [6.07, 6.45) is -6.86. The lowest BCUT2D eigenvalue weighted by molar-refractivity contribution is -0.138. The third-order valence-corrected chi connectivity index (χ3v) is 4.28. The fourth-order valence-corrected chi connectivity index (χ4v) is 2.92. The van der Waals surface area contributed by atoms with Crippen LogP contribution in [0.2, 0.25) is 0 Å². The van der Waals surface area contributed by atoms with Crippen LogP contribution in [0.3, 0.4) is 0 Å². The molecule has 10 heteroatoms. The highest BCUT2D eigenvalue weighted by molar-refractivity contribution is 6.03. The number of rotatable bonds is 3. The number of alkyl halides is 6. The van der Waals surface area contributed by atoms with Crippen molar-refractivity contribution < 1.29 is 31.1 Å². The maximum atomic E-state index is 13.3. The normalized spacial score (nSPS) is 12.2. The number of benzene rings is 2. The molecule has 0 atom stereocenters. The molecule has 29 heavy (non-hydrogen) atoms. The van der Waals surface area contributed by atoms with Gasteiger partial charge in [-0.3, -0.25) is 9.88 Å². The van der Waals surface area contributed by atoms with Crippen molar-refractivity contribution in [3.8, 4) is 0 Å². The molecule has 0 saturated heterocycles. The summed E-state index contributed by atoms with van der Waals surface area (Å²) in [5, 5.41) is -0.142. The molecule has 0 radical (unpaired) electrons. The van der Waals surface area contributed by atoms with Gasteiger partial charge in [0.05, 0.1) is 23.4 Å². The quantitative estimate of drug-likeness (QED) is 0.588. The Morgan fingerprint density at radius 3 is 2.10 bits per heavy atom. The average molecular weight is 413 g/mol. The number of carbonyl (C=O) groups is 1. The molecule has 0 spiro atoms. The van der Waals surface area contributed by atoms with Crippen molar-refractivity contribution in [2.75, 3.05) is 4.90 Å². The molecule has 0 aliphatic carbocycles. The number of primary amides is 1. The van der Waals surface area contributed by atoms with Gasteiger partial charge in [-0.15, -0.1) is 0 Å². The summed E-state index contributed by atoms with van der Waals surface area (Å²) in [4.78, 5) is 16.7. The molecule has 4 nitrogen and oxygen atoms in total. The van der Waals surface area contributed by atoms with Crippen molar-refractivity contribution in [2.24, 2.45) is 5.73 Å². The fraction of sp³-hybridized carbons (Fsp3) is 0.158. The van der Waals surface area contributed by atoms with Crippen molar-refractivity contribution in [1.29, 1.82) is 0 Å². The van der Waals surface area contributed by atoms with E-state index in [0.717, 1.165) is 35.4 Å². The van der Waals surface area contributed by atoms with E-state index in [0.29, 0.717) is 5.56 Å². The van der Waals surface area contributed by atoms with Crippen LogP contribution in [0.25, 0.3) is 10.8 Å². The Balaban J connectivity index is 2.04. The minimum Gasteiger partial charge on any atom is -0.351 e. The molecule has 0 aliphatic rings. The number of fused-ring (bicyclic) bond motifs is 1. The van der Waals surface area contributed by atoms with Gasteiger partial charge in [0.15, 0.2) is 0 Å². The number of anilines is 1. The average Bonchev–Trinajstić information content (AvgIpc) is 2.64. The highest BCUT2D eigenvalue weighted by Crippen LogP contribution is 2.38. The summed E-state index contributed by atoms with van der Waals surface area (Å²) in [5.41, 5.74) is 4.01. The van der Waals surface area contributed by atoms with E-state index in [9.17, 15) is 31.1 Å². The number of carbonyl (C=O) groups excluding carboxylic acids is 1. The summed E-state index contributed by atoms with van der Waals surface area (Å²) in [6, 6.07) is 6.29. The number of aromatic nitrogens is 1. The lowest BCUT2D eigenvalue weighted by atomic mass is 10.0. The molecular formula is C19H13F6N3O. The van der Waals surface area contributed by atoms with Gasteiger partial charge in [0, 0.05) is 23.2 Å². The molecule has 2 aromatic carbocycles. The Kier molecular flexibility index (Phi) is 5.12. The van der Waals surface area contributed by atoms with Crippen molar-refractivity contribution in [3.63, 3.8) is 0 Å². The molecule has 2 N–H and O–H groups in total. The third kappa shape index (κ3) is 4.25. The summed E-state index contributed by atoms with van der Waals surface area (Å²) < 4.78 is 77.9. The molecule has 2 amide bonds. The minimum atomic E-state index is -4.63. The van der Waals surface area contributed by atoms with E-state index in [1.165, 1.54) is 24.4 Å². The second kappa shape index (κ2) is 7.26. The predicted octanol–water partition coefficient (Wildman–Crippen LogP) is 5.36. The van der Waals surface area contributed by atoms with Crippen molar-refractivity contribution in [2.45, 2.75) is 18.9 Å². The van der Waals surface area contributed by atoms with Crippen LogP contribution in [-0.2, 0) is 18.9 Å². The van der Waals surface area contributed by atoms with E-state index in [1.807, 2.05) is 0 Å². The van der Waals surface area contributed by atoms with Crippen LogP contribution in [0.15, 0.2) is 54.9 Å². The molecule has 3 rings (SSSR count). The lowest BCUT2D eigenvalue weighted by Crippen LogP contribution is -2.35. The van der Waals surface area contributed by atoms with Crippen LogP contribution in [0.1, 0.15) is 16.7 Å². The Hall–Kier alpha value is -3.30. The van der Waals surface area contributed by atoms with Gasteiger partial charge >= 0.3 is 18.4 Å². The molecule has 1 heterocycles. The second-order valence-electron chi connectivity index (χ2n) is 6.17. The lowest BCUT2D eigenvalue weighted by Gasteiger charge is -2.23. The van der Waals surface area contributed by atoms with Crippen LogP contribution in [0, 0.1) is 0 Å². The van der Waals surface area contributed by atoms with Crippen molar-refractivity contribution in [3.05, 3.63) is 71.5 Å². The Bertz CT molecular complexity index is 1040. The monoisotopic (exact) mass is 413 g/mol. The van der Waals surface area contributed by atoms with Gasteiger partial charge in [0.25, 0.3) is 0 Å². The Labute approximate surface area is 160 Å². The molecule has 0 fully saturated rings. The largest absolute Gasteiger partial charge is 0.417 e. The third-order valence-electron chi connectivity index (χ3n) is 4.28. The van der Waals surface area contributed by atoms with Crippen LogP contribution >= 0.6 is 0 Å². The highest BCUT2D eigenvalue weighted by atomic mass is 19.4. The number of hydrogen-bond acceptors (Lipinski definition) is 2. The van der Waals surface area contributed by atoms with Gasteiger partial charge in [-0.25, -0.2) is 4.79 Å². The number of halogens is 6. The number of nitrogens with two attached hydrogens (primary N) is 1. The smallest absolute Gasteiger partial charge is 0.351 e. The Morgan fingerprint density at radius 1 is 0.897 bits per heavy atom. The van der Waals surface area contributed by atoms with Gasteiger partial charge < -0.3 is 5.73 Å². The second-order valence-corrected chi connectivity index (χ2v) is 6.17. The van der Waals surface area contributed by atoms with E-state index < -0.39 is 29.5 Å². The van der Waals surface area contributed by atoms with E-state index in [2.05, 4.69) is 4.98 Å². The predicted molar refractivity (Wildman–Crippen MR) is 94.0 cm³/mol. The summed E-state index contributed by atoms with van der Waals surface area (Å²) in [7, 11) is 0. The zero-order valence-electron chi connectivity index (χ0n) is 14.6. The standard InChI is InChI=1S/C19H13F6N3O/c20-18(21,22)12-3-1-11(2-4-12)10-28(17(26)29)16-6-5-15(19(23,24)25)14-9-27-8-7-13(14)16/h1-9H,10H2,(H2,26,29). The van der Waals surface area contributed by atoms with E-state index >= 15 is 0 Å². The molecule has 0 saturated carbocycles. The zero-order valence-corrected chi connectivity index (χ0v) is 14.6. The Morgan fingerprint density at radius 2 is 1.55 bits per heavy atom. The number of nitrogens with zero attached hydrogens (tertiary/aromatic N) is 2. The molecule has 3 aromatic rings. The number of pyridine rings is 1. The molecule has 0 bridgehead atoms. The van der Waals surface area contributed by atoms with Gasteiger partial charge in [-0.1, -0.05) is 12.1 Å².